The molecule has 1 heterocycles. The summed E-state index contributed by atoms with van der Waals surface area (Å²) in [5.41, 5.74) is 0.741. The third kappa shape index (κ3) is 3.10. The fourth-order valence-corrected chi connectivity index (χ4v) is 2.57. The van der Waals surface area contributed by atoms with E-state index in [1.807, 2.05) is 13.8 Å². The van der Waals surface area contributed by atoms with Gasteiger partial charge < -0.3 is 4.90 Å². The summed E-state index contributed by atoms with van der Waals surface area (Å²) in [4.78, 5) is 25.9. The first-order chi connectivity index (χ1) is 9.93. The zero-order valence-electron chi connectivity index (χ0n) is 12.0. The van der Waals surface area contributed by atoms with Crippen LogP contribution < -0.4 is 0 Å². The van der Waals surface area contributed by atoms with Gasteiger partial charge >= 0.3 is 0 Å². The van der Waals surface area contributed by atoms with Gasteiger partial charge in [-0.2, -0.15) is 5.26 Å². The van der Waals surface area contributed by atoms with E-state index in [0.717, 1.165) is 5.56 Å². The highest BCUT2D eigenvalue weighted by atomic mass is 19.1. The monoisotopic (exact) mass is 288 g/mol. The van der Waals surface area contributed by atoms with Crippen molar-refractivity contribution in [3.63, 3.8) is 0 Å². The van der Waals surface area contributed by atoms with Crippen LogP contribution in [-0.2, 0) is 16.1 Å². The Labute approximate surface area is 123 Å². The Bertz CT molecular complexity index is 589. The van der Waals surface area contributed by atoms with Crippen LogP contribution in [0.2, 0.25) is 0 Å². The largest absolute Gasteiger partial charge is 0.327 e. The number of carbonyl (C=O) groups excluding carboxylic acids is 2. The Hall–Kier alpha value is -2.22. The third-order valence-corrected chi connectivity index (χ3v) is 3.61. The highest BCUT2D eigenvalue weighted by Crippen LogP contribution is 2.27. The number of amides is 1. The molecule has 1 amide bonds. The number of nitrogens with zero attached hydrogens (tertiary/aromatic N) is 2. The van der Waals surface area contributed by atoms with Gasteiger partial charge in [0.1, 0.15) is 5.82 Å². The molecule has 0 aromatic heterocycles. The fourth-order valence-electron chi connectivity index (χ4n) is 2.57. The normalized spacial score (nSPS) is 22.0. The van der Waals surface area contributed by atoms with E-state index in [9.17, 15) is 14.0 Å². The molecule has 0 bridgehead atoms. The fraction of sp³-hybridized carbons (Fsp3) is 0.438. The van der Waals surface area contributed by atoms with Crippen molar-refractivity contribution in [1.29, 1.82) is 5.26 Å². The van der Waals surface area contributed by atoms with Crippen LogP contribution in [0.4, 0.5) is 4.39 Å². The molecule has 1 aromatic rings. The summed E-state index contributed by atoms with van der Waals surface area (Å²) >= 11 is 0. The van der Waals surface area contributed by atoms with Crippen LogP contribution in [-0.4, -0.2) is 22.6 Å². The van der Waals surface area contributed by atoms with Crippen molar-refractivity contribution in [2.24, 2.45) is 11.8 Å². The number of nitriles is 1. The van der Waals surface area contributed by atoms with Gasteiger partial charge in [0.05, 0.1) is 12.1 Å². The molecule has 1 aromatic carbocycles. The van der Waals surface area contributed by atoms with Crippen LogP contribution in [0.1, 0.15) is 25.8 Å². The first-order valence-corrected chi connectivity index (χ1v) is 6.92. The van der Waals surface area contributed by atoms with Crippen molar-refractivity contribution < 1.29 is 14.0 Å². The molecule has 1 unspecified atom stereocenters. The van der Waals surface area contributed by atoms with E-state index >= 15 is 0 Å². The predicted molar refractivity (Wildman–Crippen MR) is 74.3 cm³/mol. The molecule has 5 heteroatoms. The van der Waals surface area contributed by atoms with Crippen LogP contribution in [0.15, 0.2) is 24.3 Å². The number of carbonyl (C=O) groups is 2. The molecule has 1 saturated heterocycles. The summed E-state index contributed by atoms with van der Waals surface area (Å²) in [5.74, 6) is -2.08. The molecule has 2 rings (SSSR count). The van der Waals surface area contributed by atoms with Gasteiger partial charge in [-0.1, -0.05) is 26.0 Å². The maximum absolute atomic E-state index is 12.9. The molecule has 0 aliphatic carbocycles. The molecule has 4 nitrogen and oxygen atoms in total. The molecule has 0 N–H and O–H groups in total. The van der Waals surface area contributed by atoms with E-state index in [2.05, 4.69) is 0 Å². The minimum absolute atomic E-state index is 0.223. The third-order valence-electron chi connectivity index (χ3n) is 3.61. The number of halogens is 1. The van der Waals surface area contributed by atoms with Gasteiger partial charge in [0.15, 0.2) is 11.7 Å². The maximum Gasteiger partial charge on any atom is 0.248 e. The number of rotatable bonds is 4. The smallest absolute Gasteiger partial charge is 0.248 e. The second kappa shape index (κ2) is 6.04. The van der Waals surface area contributed by atoms with Gasteiger partial charge in [-0.15, -0.1) is 0 Å². The lowest BCUT2D eigenvalue weighted by Gasteiger charge is -2.24. The van der Waals surface area contributed by atoms with Crippen molar-refractivity contribution in [1.82, 2.24) is 4.90 Å². The number of ketones is 1. The summed E-state index contributed by atoms with van der Waals surface area (Å²) < 4.78 is 12.9. The van der Waals surface area contributed by atoms with Crippen molar-refractivity contribution in [2.45, 2.75) is 32.9 Å². The zero-order chi connectivity index (χ0) is 15.6. The minimum atomic E-state index is -1.20. The predicted octanol–water partition coefficient (Wildman–Crippen LogP) is 2.29. The molecule has 0 radical (unpaired) electrons. The van der Waals surface area contributed by atoms with Crippen LogP contribution in [0.5, 0.6) is 0 Å². The minimum Gasteiger partial charge on any atom is -0.327 e. The second-order valence-electron chi connectivity index (χ2n) is 5.70. The molecular weight excluding hydrogens is 271 g/mol. The number of likely N-dealkylation sites (tertiary alicyclic amines) is 1. The molecule has 110 valence electrons. The van der Waals surface area contributed by atoms with Gasteiger partial charge in [0, 0.05) is 6.54 Å². The lowest BCUT2D eigenvalue weighted by molar-refractivity contribution is -0.131. The lowest BCUT2D eigenvalue weighted by Crippen LogP contribution is -2.36. The van der Waals surface area contributed by atoms with Gasteiger partial charge in [-0.05, 0) is 30.0 Å². The number of Topliss-reactive ketones (excluding diaryl/α,β-unsaturated/α-hetero) is 1. The van der Waals surface area contributed by atoms with Gasteiger partial charge in [0.25, 0.3) is 0 Å². The highest BCUT2D eigenvalue weighted by molar-refractivity contribution is 6.12. The van der Waals surface area contributed by atoms with E-state index < -0.39 is 17.9 Å². The maximum atomic E-state index is 12.9. The van der Waals surface area contributed by atoms with Crippen LogP contribution in [0.25, 0.3) is 0 Å². The Morgan fingerprint density at radius 1 is 1.29 bits per heavy atom. The first kappa shape index (κ1) is 15.2. The molecule has 1 fully saturated rings. The van der Waals surface area contributed by atoms with E-state index in [4.69, 9.17) is 5.26 Å². The summed E-state index contributed by atoms with van der Waals surface area (Å²) in [6, 6.07) is 7.03. The number of benzene rings is 1. The summed E-state index contributed by atoms with van der Waals surface area (Å²) in [6.45, 7) is 4.15. The molecule has 21 heavy (non-hydrogen) atoms. The SMILES string of the molecule is CC(C)C[C@@H]1C(=O)C(C#N)C(=O)N1Cc1ccc(F)cc1. The van der Waals surface area contributed by atoms with Crippen molar-refractivity contribution in [3.05, 3.63) is 35.6 Å². The standard InChI is InChI=1S/C16H17FN2O2/c1-10(2)7-14-15(20)13(8-18)16(21)19(14)9-11-3-5-12(17)6-4-11/h3-6,10,13-14H,7,9H2,1-2H3/t13?,14-/m1/s1. The first-order valence-electron chi connectivity index (χ1n) is 6.92. The van der Waals surface area contributed by atoms with Crippen molar-refractivity contribution >= 4 is 11.7 Å². The molecule has 2 atom stereocenters. The average Bonchev–Trinajstić information content (AvgIpc) is 2.64. The summed E-state index contributed by atoms with van der Waals surface area (Å²) in [7, 11) is 0. The van der Waals surface area contributed by atoms with Crippen molar-refractivity contribution in [3.8, 4) is 6.07 Å². The van der Waals surface area contributed by atoms with E-state index in [1.54, 1.807) is 18.2 Å². The molecule has 0 spiro atoms. The molecule has 0 saturated carbocycles. The molecular formula is C16H17FN2O2. The van der Waals surface area contributed by atoms with Gasteiger partial charge in [-0.3, -0.25) is 9.59 Å². The highest BCUT2D eigenvalue weighted by Gasteiger charge is 2.47. The Kier molecular flexibility index (Phi) is 4.37. The Morgan fingerprint density at radius 2 is 1.90 bits per heavy atom. The molecule has 1 aliphatic heterocycles. The van der Waals surface area contributed by atoms with Gasteiger partial charge in [-0.25, -0.2) is 4.39 Å². The van der Waals surface area contributed by atoms with E-state index in [-0.39, 0.29) is 24.1 Å². The van der Waals surface area contributed by atoms with Crippen LogP contribution >= 0.6 is 0 Å². The van der Waals surface area contributed by atoms with Crippen LogP contribution in [0.3, 0.4) is 0 Å². The summed E-state index contributed by atoms with van der Waals surface area (Å²) in [6.07, 6.45) is 0.532. The Morgan fingerprint density at radius 3 is 2.43 bits per heavy atom. The van der Waals surface area contributed by atoms with E-state index in [1.165, 1.54) is 17.0 Å². The number of hydrogen-bond donors (Lipinski definition) is 0. The summed E-state index contributed by atoms with van der Waals surface area (Å²) in [5, 5.41) is 9.01. The molecule has 1 aliphatic rings. The average molecular weight is 288 g/mol. The van der Waals surface area contributed by atoms with Crippen molar-refractivity contribution in [2.75, 3.05) is 0 Å². The second-order valence-corrected chi connectivity index (χ2v) is 5.70. The topological polar surface area (TPSA) is 61.2 Å². The quantitative estimate of drug-likeness (QED) is 0.799. The Balaban J connectivity index is 2.25. The number of hydrogen-bond acceptors (Lipinski definition) is 3. The lowest BCUT2D eigenvalue weighted by atomic mass is 9.97. The van der Waals surface area contributed by atoms with Gasteiger partial charge in [0.2, 0.25) is 5.91 Å². The van der Waals surface area contributed by atoms with E-state index in [0.29, 0.717) is 6.42 Å². The van der Waals surface area contributed by atoms with Crippen LogP contribution in [0, 0.1) is 29.0 Å². The zero-order valence-corrected chi connectivity index (χ0v) is 12.0.